The molecule has 0 saturated carbocycles. The SMILES string of the molecule is CCNC(c1ccc(Br)s1)c1ncccc1OC. The Kier molecular flexibility index (Phi) is 4.74. The third-order valence-electron chi connectivity index (χ3n) is 2.58. The van der Waals surface area contributed by atoms with Gasteiger partial charge >= 0.3 is 0 Å². The highest BCUT2D eigenvalue weighted by Crippen LogP contribution is 2.33. The number of pyridine rings is 1. The fraction of sp³-hybridized carbons (Fsp3) is 0.308. The van der Waals surface area contributed by atoms with Crippen LogP contribution < -0.4 is 10.1 Å². The van der Waals surface area contributed by atoms with E-state index in [1.807, 2.05) is 12.1 Å². The Balaban J connectivity index is 2.41. The monoisotopic (exact) mass is 326 g/mol. The first-order valence-electron chi connectivity index (χ1n) is 5.73. The predicted octanol–water partition coefficient (Wildman–Crippen LogP) is 3.61. The molecule has 0 aromatic carbocycles. The van der Waals surface area contributed by atoms with E-state index in [1.54, 1.807) is 24.6 Å². The number of thiophene rings is 1. The molecule has 2 aromatic heterocycles. The van der Waals surface area contributed by atoms with Crippen molar-refractivity contribution in [2.24, 2.45) is 0 Å². The molecule has 5 heteroatoms. The van der Waals surface area contributed by atoms with Gasteiger partial charge in [-0.25, -0.2) is 0 Å². The van der Waals surface area contributed by atoms with Crippen LogP contribution in [0.25, 0.3) is 0 Å². The van der Waals surface area contributed by atoms with Gasteiger partial charge in [0, 0.05) is 11.1 Å². The number of halogens is 1. The maximum absolute atomic E-state index is 5.39. The molecule has 18 heavy (non-hydrogen) atoms. The molecule has 0 aliphatic carbocycles. The van der Waals surface area contributed by atoms with Crippen LogP contribution in [0.5, 0.6) is 5.75 Å². The molecule has 0 aliphatic rings. The molecule has 0 bridgehead atoms. The molecule has 0 saturated heterocycles. The van der Waals surface area contributed by atoms with Crippen molar-refractivity contribution >= 4 is 27.3 Å². The predicted molar refractivity (Wildman–Crippen MR) is 78.3 cm³/mol. The van der Waals surface area contributed by atoms with E-state index in [0.29, 0.717) is 0 Å². The first-order chi connectivity index (χ1) is 8.76. The standard InChI is InChI=1S/C13H15BrN2OS/c1-3-15-13(10-6-7-11(14)18-10)12-9(17-2)5-4-8-16-12/h4-8,13,15H,3H2,1-2H3. The van der Waals surface area contributed by atoms with Crippen molar-refractivity contribution in [3.63, 3.8) is 0 Å². The molecule has 0 amide bonds. The van der Waals surface area contributed by atoms with Gasteiger partial charge in [0.25, 0.3) is 0 Å². The Hall–Kier alpha value is -0.910. The lowest BCUT2D eigenvalue weighted by Crippen LogP contribution is -2.22. The highest BCUT2D eigenvalue weighted by atomic mass is 79.9. The van der Waals surface area contributed by atoms with Crippen LogP contribution in [0, 0.1) is 0 Å². The molecule has 1 unspecified atom stereocenters. The molecular formula is C13H15BrN2OS. The Morgan fingerprint density at radius 1 is 1.44 bits per heavy atom. The first-order valence-corrected chi connectivity index (χ1v) is 7.34. The van der Waals surface area contributed by atoms with Crippen molar-refractivity contribution in [3.8, 4) is 5.75 Å². The van der Waals surface area contributed by atoms with Crippen LogP contribution in [0.15, 0.2) is 34.2 Å². The first kappa shape index (κ1) is 13.5. The number of nitrogens with zero attached hydrogens (tertiary/aromatic N) is 1. The molecule has 2 rings (SSSR count). The lowest BCUT2D eigenvalue weighted by Gasteiger charge is -2.18. The number of methoxy groups -OCH3 is 1. The molecule has 2 heterocycles. The average Bonchev–Trinajstić information content (AvgIpc) is 2.82. The fourth-order valence-corrected chi connectivity index (χ4v) is 3.31. The van der Waals surface area contributed by atoms with E-state index in [9.17, 15) is 0 Å². The van der Waals surface area contributed by atoms with Crippen LogP contribution in [0.4, 0.5) is 0 Å². The zero-order chi connectivity index (χ0) is 13.0. The van der Waals surface area contributed by atoms with E-state index < -0.39 is 0 Å². The summed E-state index contributed by atoms with van der Waals surface area (Å²) >= 11 is 5.21. The summed E-state index contributed by atoms with van der Waals surface area (Å²) in [7, 11) is 1.67. The van der Waals surface area contributed by atoms with E-state index in [1.165, 1.54) is 4.88 Å². The second-order valence-corrected chi connectivity index (χ2v) is 6.22. The second kappa shape index (κ2) is 6.31. The molecule has 0 fully saturated rings. The van der Waals surface area contributed by atoms with Crippen molar-refractivity contribution in [1.29, 1.82) is 0 Å². The van der Waals surface area contributed by atoms with Gasteiger partial charge in [0.05, 0.1) is 16.9 Å². The molecule has 1 N–H and O–H groups in total. The van der Waals surface area contributed by atoms with Crippen molar-refractivity contribution in [3.05, 3.63) is 44.8 Å². The van der Waals surface area contributed by atoms with E-state index in [-0.39, 0.29) is 6.04 Å². The molecule has 0 radical (unpaired) electrons. The molecule has 0 aliphatic heterocycles. The van der Waals surface area contributed by atoms with Gasteiger partial charge in [-0.15, -0.1) is 11.3 Å². The lowest BCUT2D eigenvalue weighted by atomic mass is 10.1. The Morgan fingerprint density at radius 3 is 2.89 bits per heavy atom. The van der Waals surface area contributed by atoms with E-state index in [2.05, 4.69) is 45.3 Å². The largest absolute Gasteiger partial charge is 0.495 e. The topological polar surface area (TPSA) is 34.2 Å². The molecule has 3 nitrogen and oxygen atoms in total. The summed E-state index contributed by atoms with van der Waals surface area (Å²) in [5.74, 6) is 0.813. The van der Waals surface area contributed by atoms with Crippen LogP contribution >= 0.6 is 27.3 Å². The molecule has 2 aromatic rings. The highest BCUT2D eigenvalue weighted by molar-refractivity contribution is 9.11. The molecular weight excluding hydrogens is 312 g/mol. The van der Waals surface area contributed by atoms with Crippen LogP contribution in [0.3, 0.4) is 0 Å². The quantitative estimate of drug-likeness (QED) is 0.911. The van der Waals surface area contributed by atoms with E-state index in [0.717, 1.165) is 21.8 Å². The third-order valence-corrected chi connectivity index (χ3v) is 4.27. The minimum absolute atomic E-state index is 0.0717. The van der Waals surface area contributed by atoms with E-state index in [4.69, 9.17) is 4.74 Å². The number of hydrogen-bond acceptors (Lipinski definition) is 4. The summed E-state index contributed by atoms with van der Waals surface area (Å²) in [5.41, 5.74) is 0.927. The van der Waals surface area contributed by atoms with Gasteiger partial charge in [-0.05, 0) is 46.7 Å². The Labute approximate surface area is 119 Å². The van der Waals surface area contributed by atoms with Crippen LogP contribution in [0.1, 0.15) is 23.5 Å². The Bertz CT molecular complexity index is 515. The number of aromatic nitrogens is 1. The van der Waals surface area contributed by atoms with Crippen molar-refractivity contribution < 1.29 is 4.74 Å². The zero-order valence-electron chi connectivity index (χ0n) is 10.3. The normalized spacial score (nSPS) is 12.4. The zero-order valence-corrected chi connectivity index (χ0v) is 12.7. The Morgan fingerprint density at radius 2 is 2.28 bits per heavy atom. The third kappa shape index (κ3) is 2.91. The molecule has 0 spiro atoms. The van der Waals surface area contributed by atoms with Crippen molar-refractivity contribution in [1.82, 2.24) is 10.3 Å². The van der Waals surface area contributed by atoms with Gasteiger partial charge in [0.15, 0.2) is 0 Å². The molecule has 96 valence electrons. The van der Waals surface area contributed by atoms with Crippen molar-refractivity contribution in [2.45, 2.75) is 13.0 Å². The van der Waals surface area contributed by atoms with Gasteiger partial charge in [-0.1, -0.05) is 6.92 Å². The minimum Gasteiger partial charge on any atom is -0.495 e. The summed E-state index contributed by atoms with van der Waals surface area (Å²) in [4.78, 5) is 5.68. The van der Waals surface area contributed by atoms with Gasteiger partial charge in [-0.2, -0.15) is 0 Å². The fourth-order valence-electron chi connectivity index (χ4n) is 1.81. The van der Waals surface area contributed by atoms with Gasteiger partial charge < -0.3 is 10.1 Å². The minimum atomic E-state index is 0.0717. The van der Waals surface area contributed by atoms with Gasteiger partial charge in [0.1, 0.15) is 11.4 Å². The number of hydrogen-bond donors (Lipinski definition) is 1. The maximum atomic E-state index is 5.39. The molecule has 1 atom stereocenters. The summed E-state index contributed by atoms with van der Waals surface area (Å²) in [5, 5.41) is 3.45. The van der Waals surface area contributed by atoms with E-state index >= 15 is 0 Å². The number of rotatable bonds is 5. The van der Waals surface area contributed by atoms with Gasteiger partial charge in [0.2, 0.25) is 0 Å². The number of ether oxygens (including phenoxy) is 1. The smallest absolute Gasteiger partial charge is 0.142 e. The van der Waals surface area contributed by atoms with Crippen LogP contribution in [0.2, 0.25) is 0 Å². The summed E-state index contributed by atoms with van der Waals surface area (Å²) in [6, 6.07) is 8.06. The summed E-state index contributed by atoms with van der Waals surface area (Å²) in [6.07, 6.45) is 1.80. The average molecular weight is 327 g/mol. The lowest BCUT2D eigenvalue weighted by molar-refractivity contribution is 0.401. The van der Waals surface area contributed by atoms with Gasteiger partial charge in [-0.3, -0.25) is 4.98 Å². The number of nitrogens with one attached hydrogen (secondary N) is 1. The van der Waals surface area contributed by atoms with Crippen LogP contribution in [-0.2, 0) is 0 Å². The van der Waals surface area contributed by atoms with Crippen molar-refractivity contribution in [2.75, 3.05) is 13.7 Å². The second-order valence-electron chi connectivity index (χ2n) is 3.72. The maximum Gasteiger partial charge on any atom is 0.142 e. The summed E-state index contributed by atoms with van der Waals surface area (Å²) < 4.78 is 6.51. The van der Waals surface area contributed by atoms with Crippen LogP contribution in [-0.4, -0.2) is 18.6 Å². The highest BCUT2D eigenvalue weighted by Gasteiger charge is 2.20. The summed E-state index contributed by atoms with van der Waals surface area (Å²) in [6.45, 7) is 2.96.